The quantitative estimate of drug-likeness (QED) is 0.684. The van der Waals surface area contributed by atoms with Crippen LogP contribution >= 0.6 is 0 Å². The van der Waals surface area contributed by atoms with Crippen molar-refractivity contribution < 1.29 is 0 Å². The maximum Gasteiger partial charge on any atom is 0.0302 e. The summed E-state index contributed by atoms with van der Waals surface area (Å²) in [4.78, 5) is 4.18. The first kappa shape index (κ1) is 11.2. The molecular formula is C13H20N. The fourth-order valence-corrected chi connectivity index (χ4v) is 1.78. The van der Waals surface area contributed by atoms with Gasteiger partial charge in [0.2, 0.25) is 0 Å². The van der Waals surface area contributed by atoms with Gasteiger partial charge in [-0.15, -0.1) is 0 Å². The van der Waals surface area contributed by atoms with E-state index in [1.165, 1.54) is 30.7 Å². The van der Waals surface area contributed by atoms with Crippen LogP contribution in [0.2, 0.25) is 0 Å². The van der Waals surface area contributed by atoms with Gasteiger partial charge in [-0.3, -0.25) is 4.98 Å². The molecule has 0 aliphatic rings. The Hall–Kier alpha value is -0.850. The van der Waals surface area contributed by atoms with E-state index in [2.05, 4.69) is 31.8 Å². The largest absolute Gasteiger partial charge is 0.264 e. The molecule has 0 amide bonds. The second-order valence-electron chi connectivity index (χ2n) is 4.06. The van der Waals surface area contributed by atoms with Crippen molar-refractivity contribution in [1.82, 2.24) is 4.98 Å². The molecule has 0 aliphatic carbocycles. The highest BCUT2D eigenvalue weighted by Gasteiger charge is 2.15. The van der Waals surface area contributed by atoms with E-state index in [9.17, 15) is 0 Å². The molecule has 0 bridgehead atoms. The third-order valence-electron chi connectivity index (χ3n) is 2.63. The van der Waals surface area contributed by atoms with Crippen LogP contribution < -0.4 is 0 Å². The Labute approximate surface area is 87.6 Å². The molecule has 1 aromatic heterocycles. The van der Waals surface area contributed by atoms with E-state index < -0.39 is 0 Å². The lowest BCUT2D eigenvalue weighted by Gasteiger charge is -2.20. The topological polar surface area (TPSA) is 12.9 Å². The summed E-state index contributed by atoms with van der Waals surface area (Å²) in [6.45, 7) is 6.67. The second-order valence-corrected chi connectivity index (χ2v) is 4.06. The number of unbranched alkanes of at least 4 members (excludes halogenated alkanes) is 1. The van der Waals surface area contributed by atoms with Crippen molar-refractivity contribution in [2.24, 2.45) is 0 Å². The van der Waals surface area contributed by atoms with Gasteiger partial charge in [0.1, 0.15) is 0 Å². The fraction of sp³-hybridized carbons (Fsp3) is 0.538. The molecular weight excluding hydrogens is 170 g/mol. The maximum absolute atomic E-state index is 4.18. The third kappa shape index (κ3) is 3.13. The van der Waals surface area contributed by atoms with Crippen molar-refractivity contribution >= 4 is 0 Å². The molecule has 1 heteroatoms. The van der Waals surface area contributed by atoms with E-state index in [1.54, 1.807) is 0 Å². The van der Waals surface area contributed by atoms with Gasteiger partial charge in [0, 0.05) is 12.4 Å². The number of hydrogen-bond donors (Lipinski definition) is 0. The van der Waals surface area contributed by atoms with Crippen LogP contribution in [-0.4, -0.2) is 4.98 Å². The van der Waals surface area contributed by atoms with Crippen LogP contribution in [0.15, 0.2) is 24.5 Å². The molecule has 0 aliphatic heterocycles. The van der Waals surface area contributed by atoms with Gasteiger partial charge in [0.25, 0.3) is 0 Å². The zero-order valence-corrected chi connectivity index (χ0v) is 9.46. The summed E-state index contributed by atoms with van der Waals surface area (Å²) in [5, 5.41) is 0. The Morgan fingerprint density at radius 3 is 2.71 bits per heavy atom. The Morgan fingerprint density at radius 2 is 2.21 bits per heavy atom. The highest BCUT2D eigenvalue weighted by Crippen LogP contribution is 2.30. The number of rotatable bonds is 5. The van der Waals surface area contributed by atoms with E-state index >= 15 is 0 Å². The molecule has 14 heavy (non-hydrogen) atoms. The number of pyridine rings is 1. The Morgan fingerprint density at radius 1 is 1.43 bits per heavy atom. The highest BCUT2D eigenvalue weighted by molar-refractivity contribution is 5.20. The zero-order valence-electron chi connectivity index (χ0n) is 9.46. The van der Waals surface area contributed by atoms with Gasteiger partial charge in [0.15, 0.2) is 0 Å². The first-order chi connectivity index (χ1) is 6.75. The number of hydrogen-bond acceptors (Lipinski definition) is 1. The predicted octanol–water partition coefficient (Wildman–Crippen LogP) is 3.97. The lowest BCUT2D eigenvalue weighted by molar-refractivity contribution is 0.595. The minimum Gasteiger partial charge on any atom is -0.264 e. The minimum atomic E-state index is 0.601. The molecule has 0 saturated carbocycles. The summed E-state index contributed by atoms with van der Waals surface area (Å²) in [6.07, 6.45) is 7.65. The van der Waals surface area contributed by atoms with Gasteiger partial charge in [-0.25, -0.2) is 0 Å². The van der Waals surface area contributed by atoms with E-state index in [-0.39, 0.29) is 0 Å². The Balaban J connectivity index is 2.68. The van der Waals surface area contributed by atoms with Gasteiger partial charge >= 0.3 is 0 Å². The molecule has 0 N–H and O–H groups in total. The van der Waals surface area contributed by atoms with Crippen molar-refractivity contribution in [2.75, 3.05) is 0 Å². The predicted molar refractivity (Wildman–Crippen MR) is 61.1 cm³/mol. The number of nitrogens with zero attached hydrogens (tertiary/aromatic N) is 1. The van der Waals surface area contributed by atoms with Gasteiger partial charge in [-0.1, -0.05) is 39.7 Å². The molecule has 1 unspecified atom stereocenters. The fourth-order valence-electron chi connectivity index (χ4n) is 1.78. The molecule has 77 valence electrons. The van der Waals surface area contributed by atoms with E-state index in [4.69, 9.17) is 0 Å². The van der Waals surface area contributed by atoms with Crippen LogP contribution in [0.3, 0.4) is 0 Å². The smallest absolute Gasteiger partial charge is 0.0302 e. The van der Waals surface area contributed by atoms with Crippen molar-refractivity contribution in [3.05, 3.63) is 36.0 Å². The maximum atomic E-state index is 4.18. The SMILES string of the molecule is CCCCC([C](C)C)c1cccnc1. The van der Waals surface area contributed by atoms with Gasteiger partial charge < -0.3 is 0 Å². The summed E-state index contributed by atoms with van der Waals surface area (Å²) in [7, 11) is 0. The molecule has 0 saturated heterocycles. The Kier molecular flexibility index (Phi) is 4.64. The molecule has 0 aromatic carbocycles. The average molecular weight is 190 g/mol. The lowest BCUT2D eigenvalue weighted by atomic mass is 9.85. The average Bonchev–Trinajstić information content (AvgIpc) is 2.19. The van der Waals surface area contributed by atoms with Gasteiger partial charge in [-0.2, -0.15) is 0 Å². The van der Waals surface area contributed by atoms with E-state index in [1.807, 2.05) is 18.5 Å². The summed E-state index contributed by atoms with van der Waals surface area (Å²) in [5.41, 5.74) is 1.36. The molecule has 1 heterocycles. The van der Waals surface area contributed by atoms with Crippen LogP contribution in [0.25, 0.3) is 0 Å². The van der Waals surface area contributed by atoms with Crippen LogP contribution in [-0.2, 0) is 0 Å². The summed E-state index contributed by atoms with van der Waals surface area (Å²) in [5.74, 6) is 2.09. The standard InChI is InChI=1S/C13H20N/c1-4-5-8-13(11(2)3)12-7-6-9-14-10-12/h6-7,9-10,13H,4-5,8H2,1-3H3. The minimum absolute atomic E-state index is 0.601. The summed E-state index contributed by atoms with van der Waals surface area (Å²) >= 11 is 0. The number of aromatic nitrogens is 1. The first-order valence-electron chi connectivity index (χ1n) is 5.45. The normalized spacial score (nSPS) is 13.1. The highest BCUT2D eigenvalue weighted by atomic mass is 14.6. The van der Waals surface area contributed by atoms with Crippen molar-refractivity contribution in [3.63, 3.8) is 0 Å². The Bertz CT molecular complexity index is 241. The van der Waals surface area contributed by atoms with Crippen LogP contribution in [0.4, 0.5) is 0 Å². The molecule has 1 nitrogen and oxygen atoms in total. The molecule has 1 aromatic rings. The zero-order chi connectivity index (χ0) is 10.4. The molecule has 0 fully saturated rings. The second kappa shape index (κ2) is 5.79. The van der Waals surface area contributed by atoms with Crippen molar-refractivity contribution in [1.29, 1.82) is 0 Å². The summed E-state index contributed by atoms with van der Waals surface area (Å²) in [6, 6.07) is 4.21. The molecule has 1 radical (unpaired) electrons. The third-order valence-corrected chi connectivity index (χ3v) is 2.63. The van der Waals surface area contributed by atoms with Crippen molar-refractivity contribution in [3.8, 4) is 0 Å². The van der Waals surface area contributed by atoms with Gasteiger partial charge in [0.05, 0.1) is 0 Å². The monoisotopic (exact) mass is 190 g/mol. The van der Waals surface area contributed by atoms with Gasteiger partial charge in [-0.05, 0) is 29.9 Å². The first-order valence-corrected chi connectivity index (χ1v) is 5.45. The molecule has 1 rings (SSSR count). The van der Waals surface area contributed by atoms with E-state index in [0.29, 0.717) is 5.92 Å². The molecule has 0 spiro atoms. The molecule has 1 atom stereocenters. The van der Waals surface area contributed by atoms with E-state index in [0.717, 1.165) is 0 Å². The van der Waals surface area contributed by atoms with Crippen LogP contribution in [0, 0.1) is 5.92 Å². The lowest BCUT2D eigenvalue weighted by Crippen LogP contribution is -2.05. The van der Waals surface area contributed by atoms with Crippen molar-refractivity contribution in [2.45, 2.75) is 46.0 Å². The summed E-state index contributed by atoms with van der Waals surface area (Å²) < 4.78 is 0. The van der Waals surface area contributed by atoms with Crippen LogP contribution in [0.1, 0.15) is 51.5 Å². The van der Waals surface area contributed by atoms with Crippen LogP contribution in [0.5, 0.6) is 0 Å².